The summed E-state index contributed by atoms with van der Waals surface area (Å²) in [5.74, 6) is 1.16. The lowest BCUT2D eigenvalue weighted by Crippen LogP contribution is -2.24. The van der Waals surface area contributed by atoms with Crippen LogP contribution in [-0.2, 0) is 10.0 Å². The Morgan fingerprint density at radius 3 is 2.57 bits per heavy atom. The number of nitrogens with zero attached hydrogens (tertiary/aromatic N) is 1. The van der Waals surface area contributed by atoms with Crippen molar-refractivity contribution in [1.82, 2.24) is 4.72 Å². The molecule has 116 valence electrons. The van der Waals surface area contributed by atoms with Gasteiger partial charge in [0.15, 0.2) is 0 Å². The van der Waals surface area contributed by atoms with Crippen LogP contribution >= 0.6 is 11.8 Å². The van der Waals surface area contributed by atoms with Gasteiger partial charge in [-0.2, -0.15) is 17.0 Å². The molecule has 0 amide bonds. The Labute approximate surface area is 132 Å². The Balaban J connectivity index is 2.47. The Kier molecular flexibility index (Phi) is 7.79. The summed E-state index contributed by atoms with van der Waals surface area (Å²) in [6.07, 6.45) is 6.30. The van der Waals surface area contributed by atoms with E-state index in [1.165, 1.54) is 12.5 Å². The van der Waals surface area contributed by atoms with E-state index >= 15 is 0 Å². The van der Waals surface area contributed by atoms with Gasteiger partial charge in [0.05, 0.1) is 16.5 Å². The maximum atomic E-state index is 12.1. The van der Waals surface area contributed by atoms with Crippen molar-refractivity contribution >= 4 is 21.8 Å². The first-order valence-electron chi connectivity index (χ1n) is 7.00. The van der Waals surface area contributed by atoms with Gasteiger partial charge in [-0.15, -0.1) is 0 Å². The molecule has 0 saturated carbocycles. The summed E-state index contributed by atoms with van der Waals surface area (Å²) in [4.78, 5) is 0.224. The van der Waals surface area contributed by atoms with Crippen molar-refractivity contribution in [2.75, 3.05) is 18.6 Å². The van der Waals surface area contributed by atoms with E-state index < -0.39 is 10.0 Å². The van der Waals surface area contributed by atoms with Crippen LogP contribution in [-0.4, -0.2) is 27.0 Å². The van der Waals surface area contributed by atoms with Gasteiger partial charge < -0.3 is 0 Å². The van der Waals surface area contributed by atoms with Crippen LogP contribution in [0.3, 0.4) is 0 Å². The minimum absolute atomic E-state index is 0.224. The van der Waals surface area contributed by atoms with Gasteiger partial charge in [0.2, 0.25) is 10.0 Å². The summed E-state index contributed by atoms with van der Waals surface area (Å²) in [7, 11) is -3.47. The Morgan fingerprint density at radius 1 is 1.24 bits per heavy atom. The molecule has 0 unspecified atom stereocenters. The van der Waals surface area contributed by atoms with Crippen LogP contribution in [0.1, 0.15) is 36.8 Å². The van der Waals surface area contributed by atoms with Gasteiger partial charge in [-0.3, -0.25) is 0 Å². The molecule has 0 spiro atoms. The van der Waals surface area contributed by atoms with E-state index in [0.29, 0.717) is 17.7 Å². The quantitative estimate of drug-likeness (QED) is 0.708. The lowest BCUT2D eigenvalue weighted by Gasteiger charge is -2.08. The zero-order valence-electron chi connectivity index (χ0n) is 12.6. The molecule has 4 nitrogen and oxygen atoms in total. The first kappa shape index (κ1) is 18.0. The second kappa shape index (κ2) is 9.08. The molecule has 1 rings (SSSR count). The molecular weight excluding hydrogens is 304 g/mol. The van der Waals surface area contributed by atoms with Gasteiger partial charge in [0, 0.05) is 6.54 Å². The number of sulfonamides is 1. The summed E-state index contributed by atoms with van der Waals surface area (Å²) in [6, 6.07) is 6.60. The Hall–Kier alpha value is -1.03. The fourth-order valence-electron chi connectivity index (χ4n) is 1.94. The third kappa shape index (κ3) is 6.08. The van der Waals surface area contributed by atoms with Gasteiger partial charge in [0.25, 0.3) is 0 Å². The molecule has 1 aromatic carbocycles. The molecule has 0 aliphatic heterocycles. The summed E-state index contributed by atoms with van der Waals surface area (Å²) >= 11 is 1.84. The fraction of sp³-hybridized carbons (Fsp3) is 0.533. The van der Waals surface area contributed by atoms with Crippen molar-refractivity contribution in [3.8, 4) is 6.07 Å². The topological polar surface area (TPSA) is 70.0 Å². The smallest absolute Gasteiger partial charge is 0.211 e. The van der Waals surface area contributed by atoms with Crippen LogP contribution in [0.25, 0.3) is 0 Å². The van der Waals surface area contributed by atoms with Crippen molar-refractivity contribution in [1.29, 1.82) is 5.26 Å². The number of hydrogen-bond acceptors (Lipinski definition) is 4. The van der Waals surface area contributed by atoms with Crippen molar-refractivity contribution in [2.24, 2.45) is 0 Å². The van der Waals surface area contributed by atoms with Crippen molar-refractivity contribution in [3.05, 3.63) is 29.3 Å². The molecular formula is C15H22N2O2S2. The fourth-order valence-corrected chi connectivity index (χ4v) is 3.60. The minimum Gasteiger partial charge on any atom is -0.211 e. The predicted octanol–water partition coefficient (Wildman–Crippen LogP) is 3.07. The first-order valence-corrected chi connectivity index (χ1v) is 9.88. The van der Waals surface area contributed by atoms with E-state index in [4.69, 9.17) is 5.26 Å². The number of unbranched alkanes of at least 4 members (excludes halogenated alkanes) is 3. The third-order valence-corrected chi connectivity index (χ3v) is 5.35. The molecule has 0 bridgehead atoms. The van der Waals surface area contributed by atoms with Gasteiger partial charge in [-0.1, -0.05) is 12.8 Å². The zero-order chi connectivity index (χ0) is 15.7. The molecule has 0 aliphatic rings. The number of benzene rings is 1. The molecule has 0 atom stereocenters. The summed E-state index contributed by atoms with van der Waals surface area (Å²) in [5.41, 5.74) is 1.18. The molecule has 1 aromatic rings. The SMILES string of the molecule is CSCCCCCCNS(=O)(=O)c1ccc(C#N)c(C)c1. The van der Waals surface area contributed by atoms with Gasteiger partial charge in [-0.25, -0.2) is 13.1 Å². The highest BCUT2D eigenvalue weighted by molar-refractivity contribution is 7.98. The van der Waals surface area contributed by atoms with Gasteiger partial charge >= 0.3 is 0 Å². The molecule has 0 heterocycles. The molecule has 0 aliphatic carbocycles. The second-order valence-electron chi connectivity index (χ2n) is 4.89. The average molecular weight is 326 g/mol. The lowest BCUT2D eigenvalue weighted by atomic mass is 10.1. The predicted molar refractivity (Wildman–Crippen MR) is 87.9 cm³/mol. The normalized spacial score (nSPS) is 11.3. The largest absolute Gasteiger partial charge is 0.240 e. The molecule has 0 fully saturated rings. The Morgan fingerprint density at radius 2 is 1.95 bits per heavy atom. The highest BCUT2D eigenvalue weighted by atomic mass is 32.2. The molecule has 1 N–H and O–H groups in total. The van der Waals surface area contributed by atoms with Gasteiger partial charge in [0.1, 0.15) is 0 Å². The molecule has 21 heavy (non-hydrogen) atoms. The highest BCUT2D eigenvalue weighted by Crippen LogP contribution is 2.14. The number of rotatable bonds is 9. The lowest BCUT2D eigenvalue weighted by molar-refractivity contribution is 0.574. The van der Waals surface area contributed by atoms with E-state index in [1.54, 1.807) is 19.1 Å². The molecule has 0 aromatic heterocycles. The molecule has 6 heteroatoms. The number of nitriles is 1. The van der Waals surface area contributed by atoms with Crippen LogP contribution in [0.2, 0.25) is 0 Å². The van der Waals surface area contributed by atoms with E-state index in [1.807, 2.05) is 17.8 Å². The van der Waals surface area contributed by atoms with Crippen LogP contribution in [0.5, 0.6) is 0 Å². The number of aryl methyl sites for hydroxylation is 1. The molecule has 0 saturated heterocycles. The van der Waals surface area contributed by atoms with E-state index in [-0.39, 0.29) is 4.90 Å². The summed E-state index contributed by atoms with van der Waals surface area (Å²) in [6.45, 7) is 2.20. The van der Waals surface area contributed by atoms with E-state index in [0.717, 1.165) is 25.0 Å². The average Bonchev–Trinajstić information content (AvgIpc) is 2.46. The highest BCUT2D eigenvalue weighted by Gasteiger charge is 2.14. The maximum Gasteiger partial charge on any atom is 0.240 e. The summed E-state index contributed by atoms with van der Waals surface area (Å²) in [5, 5.41) is 8.86. The number of hydrogen-bond donors (Lipinski definition) is 1. The number of nitrogens with one attached hydrogen (secondary N) is 1. The third-order valence-electron chi connectivity index (χ3n) is 3.20. The van der Waals surface area contributed by atoms with E-state index in [9.17, 15) is 8.42 Å². The van der Waals surface area contributed by atoms with E-state index in [2.05, 4.69) is 11.0 Å². The zero-order valence-corrected chi connectivity index (χ0v) is 14.2. The van der Waals surface area contributed by atoms with Crippen molar-refractivity contribution < 1.29 is 8.42 Å². The first-order chi connectivity index (χ1) is 10.0. The monoisotopic (exact) mass is 326 g/mol. The second-order valence-corrected chi connectivity index (χ2v) is 7.65. The van der Waals surface area contributed by atoms with Crippen LogP contribution in [0.4, 0.5) is 0 Å². The molecule has 0 radical (unpaired) electrons. The standard InChI is InChI=1S/C15H22N2O2S2/c1-13-11-15(8-7-14(13)12-16)21(18,19)17-9-5-3-4-6-10-20-2/h7-8,11,17H,3-6,9-10H2,1-2H3. The maximum absolute atomic E-state index is 12.1. The summed E-state index contributed by atoms with van der Waals surface area (Å²) < 4.78 is 26.9. The van der Waals surface area contributed by atoms with Crippen LogP contribution in [0, 0.1) is 18.3 Å². The Bertz CT molecular complexity index is 592. The number of thioether (sulfide) groups is 1. The van der Waals surface area contributed by atoms with Crippen molar-refractivity contribution in [2.45, 2.75) is 37.5 Å². The van der Waals surface area contributed by atoms with Crippen LogP contribution in [0.15, 0.2) is 23.1 Å². The van der Waals surface area contributed by atoms with Crippen LogP contribution < -0.4 is 4.72 Å². The van der Waals surface area contributed by atoms with Crippen molar-refractivity contribution in [3.63, 3.8) is 0 Å². The van der Waals surface area contributed by atoms with Gasteiger partial charge in [-0.05, 0) is 55.5 Å². The minimum atomic E-state index is -3.47.